The zero-order valence-corrected chi connectivity index (χ0v) is 9.97. The first-order valence-corrected chi connectivity index (χ1v) is 6.30. The normalized spacial score (nSPS) is 24.5. The molecule has 0 spiro atoms. The lowest BCUT2D eigenvalue weighted by Crippen LogP contribution is -2.34. The molecule has 15 heavy (non-hydrogen) atoms. The van der Waals surface area contributed by atoms with Crippen molar-refractivity contribution in [1.29, 1.82) is 0 Å². The van der Waals surface area contributed by atoms with E-state index < -0.39 is 0 Å². The molecule has 3 heteroatoms. The molecule has 2 rings (SSSR count). The highest BCUT2D eigenvalue weighted by atomic mass is 32.2. The Bertz CT molecular complexity index is 353. The van der Waals surface area contributed by atoms with Gasteiger partial charge < -0.3 is 10.4 Å². The third-order valence-electron chi connectivity index (χ3n) is 2.88. The van der Waals surface area contributed by atoms with Crippen LogP contribution in [0.1, 0.15) is 19.4 Å². The van der Waals surface area contributed by atoms with Gasteiger partial charge in [0, 0.05) is 10.9 Å². The molecule has 1 aliphatic rings. The maximum absolute atomic E-state index is 9.25. The van der Waals surface area contributed by atoms with Gasteiger partial charge in [-0.15, -0.1) is 11.8 Å². The van der Waals surface area contributed by atoms with Gasteiger partial charge >= 0.3 is 0 Å². The number of anilines is 1. The number of rotatable bonds is 2. The van der Waals surface area contributed by atoms with Gasteiger partial charge in [-0.3, -0.25) is 0 Å². The predicted molar refractivity (Wildman–Crippen MR) is 65.6 cm³/mol. The summed E-state index contributed by atoms with van der Waals surface area (Å²) in [5, 5.41) is 13.0. The van der Waals surface area contributed by atoms with E-state index in [1.54, 1.807) is 11.8 Å². The number of hydrogen-bond donors (Lipinski definition) is 2. The van der Waals surface area contributed by atoms with E-state index in [-0.39, 0.29) is 11.9 Å². The van der Waals surface area contributed by atoms with Crippen LogP contribution in [0.4, 0.5) is 5.69 Å². The first kappa shape index (κ1) is 10.8. The number of para-hydroxylation sites is 1. The molecule has 1 aromatic rings. The molecule has 0 aromatic heterocycles. The van der Waals surface area contributed by atoms with Crippen molar-refractivity contribution in [2.24, 2.45) is 0 Å². The Morgan fingerprint density at radius 3 is 2.93 bits per heavy atom. The van der Waals surface area contributed by atoms with E-state index in [0.29, 0.717) is 6.04 Å². The number of fused-ring (bicyclic) bond motifs is 1. The highest BCUT2D eigenvalue weighted by molar-refractivity contribution is 8.00. The molecule has 1 heterocycles. The predicted octanol–water partition coefficient (Wildman–Crippen LogP) is 2.52. The van der Waals surface area contributed by atoms with Gasteiger partial charge in [-0.25, -0.2) is 0 Å². The maximum Gasteiger partial charge on any atom is 0.0573 e. The van der Waals surface area contributed by atoms with Crippen LogP contribution in [0.2, 0.25) is 0 Å². The second-order valence-corrected chi connectivity index (χ2v) is 5.20. The Morgan fingerprint density at radius 2 is 2.27 bits per heavy atom. The molecule has 0 saturated carbocycles. The van der Waals surface area contributed by atoms with E-state index in [0.717, 1.165) is 6.42 Å². The van der Waals surface area contributed by atoms with E-state index in [9.17, 15) is 5.11 Å². The molecule has 0 saturated heterocycles. The van der Waals surface area contributed by atoms with Crippen molar-refractivity contribution in [3.8, 4) is 0 Å². The monoisotopic (exact) mass is 223 g/mol. The van der Waals surface area contributed by atoms with E-state index >= 15 is 0 Å². The van der Waals surface area contributed by atoms with Crippen LogP contribution < -0.4 is 5.32 Å². The zero-order valence-electron chi connectivity index (χ0n) is 9.16. The van der Waals surface area contributed by atoms with E-state index in [4.69, 9.17) is 0 Å². The molecule has 82 valence electrons. The van der Waals surface area contributed by atoms with Gasteiger partial charge in [0.1, 0.15) is 0 Å². The van der Waals surface area contributed by atoms with Gasteiger partial charge in [0.25, 0.3) is 0 Å². The molecule has 1 aliphatic heterocycles. The Labute approximate surface area is 95.1 Å². The number of hydrogen-bond acceptors (Lipinski definition) is 3. The van der Waals surface area contributed by atoms with Crippen molar-refractivity contribution in [2.45, 2.75) is 36.5 Å². The summed E-state index contributed by atoms with van der Waals surface area (Å²) in [5.41, 5.74) is 2.63. The molecule has 2 atom stereocenters. The number of aliphatic hydroxyl groups is 1. The van der Waals surface area contributed by atoms with Crippen molar-refractivity contribution in [2.75, 3.05) is 11.9 Å². The van der Waals surface area contributed by atoms with Crippen molar-refractivity contribution < 1.29 is 5.11 Å². The summed E-state index contributed by atoms with van der Waals surface area (Å²) in [6, 6.07) is 6.72. The summed E-state index contributed by atoms with van der Waals surface area (Å²) in [5.74, 6) is 0. The topological polar surface area (TPSA) is 32.3 Å². The summed E-state index contributed by atoms with van der Waals surface area (Å²) < 4.78 is 0. The third kappa shape index (κ3) is 1.99. The van der Waals surface area contributed by atoms with Crippen molar-refractivity contribution >= 4 is 17.4 Å². The molecule has 0 bridgehead atoms. The van der Waals surface area contributed by atoms with Crippen LogP contribution in [0.15, 0.2) is 23.1 Å². The lowest BCUT2D eigenvalue weighted by Gasteiger charge is -2.32. The average Bonchev–Trinajstić information content (AvgIpc) is 2.27. The second kappa shape index (κ2) is 4.45. The van der Waals surface area contributed by atoms with Gasteiger partial charge in [0.2, 0.25) is 0 Å². The van der Waals surface area contributed by atoms with Crippen LogP contribution >= 0.6 is 11.8 Å². The van der Waals surface area contributed by atoms with Crippen LogP contribution in [0.25, 0.3) is 0 Å². The Hall–Kier alpha value is -0.670. The Kier molecular flexibility index (Phi) is 3.22. The minimum atomic E-state index is 0.231. The van der Waals surface area contributed by atoms with E-state index in [1.165, 1.54) is 16.1 Å². The van der Waals surface area contributed by atoms with Gasteiger partial charge in [-0.2, -0.15) is 0 Å². The minimum Gasteiger partial charge on any atom is -0.395 e. The second-order valence-electron chi connectivity index (χ2n) is 3.92. The number of benzene rings is 1. The number of aryl methyl sites for hydroxylation is 1. The lowest BCUT2D eigenvalue weighted by molar-refractivity contribution is 0.287. The Balaban J connectivity index is 2.35. The van der Waals surface area contributed by atoms with Crippen LogP contribution in [-0.2, 0) is 6.42 Å². The van der Waals surface area contributed by atoms with Gasteiger partial charge in [-0.05, 0) is 25.0 Å². The van der Waals surface area contributed by atoms with Crippen LogP contribution in [0.3, 0.4) is 0 Å². The van der Waals surface area contributed by atoms with Crippen molar-refractivity contribution in [3.05, 3.63) is 23.8 Å². The molecule has 2 nitrogen and oxygen atoms in total. The molecule has 0 fully saturated rings. The fourth-order valence-corrected chi connectivity index (χ4v) is 3.05. The fraction of sp³-hybridized carbons (Fsp3) is 0.500. The van der Waals surface area contributed by atoms with Crippen LogP contribution in [0.5, 0.6) is 0 Å². The van der Waals surface area contributed by atoms with E-state index in [1.807, 2.05) is 0 Å². The maximum atomic E-state index is 9.25. The molecule has 0 radical (unpaired) electrons. The van der Waals surface area contributed by atoms with E-state index in [2.05, 4.69) is 37.4 Å². The summed E-state index contributed by atoms with van der Waals surface area (Å²) in [6.45, 7) is 4.53. The van der Waals surface area contributed by atoms with Gasteiger partial charge in [-0.1, -0.05) is 19.1 Å². The highest BCUT2D eigenvalue weighted by Crippen LogP contribution is 2.39. The minimum absolute atomic E-state index is 0.231. The number of thioether (sulfide) groups is 1. The molecule has 0 amide bonds. The fourth-order valence-electron chi connectivity index (χ4n) is 1.91. The van der Waals surface area contributed by atoms with Crippen LogP contribution in [0, 0.1) is 0 Å². The highest BCUT2D eigenvalue weighted by Gasteiger charge is 2.25. The Morgan fingerprint density at radius 1 is 1.47 bits per heavy atom. The lowest BCUT2D eigenvalue weighted by atomic mass is 10.1. The number of nitrogens with one attached hydrogen (secondary N) is 1. The standard InChI is InChI=1S/C12H17NOS/c1-3-9-5-4-6-10-12(9)13-8(2)11(7-14)15-10/h4-6,8,11,13-14H,3,7H2,1-2H3. The molecule has 1 aromatic carbocycles. The third-order valence-corrected chi connectivity index (χ3v) is 4.34. The molecule has 2 unspecified atom stereocenters. The van der Waals surface area contributed by atoms with Gasteiger partial charge in [0.05, 0.1) is 17.5 Å². The molecule has 2 N–H and O–H groups in total. The average molecular weight is 223 g/mol. The summed E-state index contributed by atoms with van der Waals surface area (Å²) in [7, 11) is 0. The van der Waals surface area contributed by atoms with Gasteiger partial charge in [0.15, 0.2) is 0 Å². The summed E-state index contributed by atoms with van der Waals surface area (Å²) in [4.78, 5) is 1.27. The molecule has 0 aliphatic carbocycles. The largest absolute Gasteiger partial charge is 0.395 e. The van der Waals surface area contributed by atoms with Crippen molar-refractivity contribution in [3.63, 3.8) is 0 Å². The first-order valence-electron chi connectivity index (χ1n) is 5.42. The zero-order chi connectivity index (χ0) is 10.8. The first-order chi connectivity index (χ1) is 7.26. The number of aliphatic hydroxyl groups excluding tert-OH is 1. The smallest absolute Gasteiger partial charge is 0.0573 e. The molecular formula is C12H17NOS. The van der Waals surface area contributed by atoms with Crippen molar-refractivity contribution in [1.82, 2.24) is 0 Å². The summed E-state index contributed by atoms with van der Waals surface area (Å²) >= 11 is 1.78. The SMILES string of the molecule is CCc1cccc2c1NC(C)C(CO)S2. The van der Waals surface area contributed by atoms with Crippen LogP contribution in [-0.4, -0.2) is 23.0 Å². The molecular weight excluding hydrogens is 206 g/mol. The quantitative estimate of drug-likeness (QED) is 0.808. The summed E-state index contributed by atoms with van der Waals surface area (Å²) in [6.07, 6.45) is 1.05.